The highest BCUT2D eigenvalue weighted by Gasteiger charge is 2.34. The molecule has 1 saturated heterocycles. The molecule has 2 aromatic rings. The molecule has 3 atom stereocenters. The number of hydrogen-bond acceptors (Lipinski definition) is 6. The third-order valence-corrected chi connectivity index (χ3v) is 6.09. The zero-order valence-electron chi connectivity index (χ0n) is 17.4. The number of fused-ring (bicyclic) bond motifs is 2. The third kappa shape index (κ3) is 4.65. The summed E-state index contributed by atoms with van der Waals surface area (Å²) >= 11 is 0. The quantitative estimate of drug-likeness (QED) is 0.660. The summed E-state index contributed by atoms with van der Waals surface area (Å²) in [6.07, 6.45) is 5.23. The summed E-state index contributed by atoms with van der Waals surface area (Å²) in [5.41, 5.74) is 1.91. The van der Waals surface area contributed by atoms with Gasteiger partial charge < -0.3 is 18.6 Å². The van der Waals surface area contributed by atoms with Crippen LogP contribution in [0.4, 0.5) is 0 Å². The maximum Gasteiger partial charge on any atom is 0.335 e. The van der Waals surface area contributed by atoms with Gasteiger partial charge in [0.15, 0.2) is 6.10 Å². The Hall–Kier alpha value is -1.89. The number of hydrogen-bond donors (Lipinski definition) is 0. The van der Waals surface area contributed by atoms with Crippen molar-refractivity contribution in [3.8, 4) is 0 Å². The zero-order chi connectivity index (χ0) is 20.2. The molecule has 0 bridgehead atoms. The van der Waals surface area contributed by atoms with Crippen molar-refractivity contribution in [2.75, 3.05) is 26.9 Å². The summed E-state index contributed by atoms with van der Waals surface area (Å²) in [7, 11) is 1.39. The fourth-order valence-corrected chi connectivity index (χ4v) is 4.68. The van der Waals surface area contributed by atoms with Crippen LogP contribution in [0.5, 0.6) is 0 Å². The van der Waals surface area contributed by atoms with E-state index in [0.29, 0.717) is 25.2 Å². The van der Waals surface area contributed by atoms with Crippen LogP contribution in [-0.4, -0.2) is 56.0 Å². The van der Waals surface area contributed by atoms with E-state index >= 15 is 0 Å². The van der Waals surface area contributed by atoms with Crippen molar-refractivity contribution in [3.63, 3.8) is 0 Å². The van der Waals surface area contributed by atoms with Gasteiger partial charge in [-0.05, 0) is 43.5 Å². The molecule has 1 saturated carbocycles. The second-order valence-corrected chi connectivity index (χ2v) is 7.99. The number of methoxy groups -OCH3 is 1. The van der Waals surface area contributed by atoms with Gasteiger partial charge in [-0.15, -0.1) is 0 Å². The van der Waals surface area contributed by atoms with E-state index in [9.17, 15) is 4.79 Å². The number of nitrogens with zero attached hydrogens (tertiary/aromatic N) is 1. The maximum absolute atomic E-state index is 11.9. The van der Waals surface area contributed by atoms with Crippen LogP contribution >= 0.6 is 0 Å². The number of carbonyl (C=O) groups excluding carboxylic acids is 1. The first kappa shape index (κ1) is 20.4. The Kier molecular flexibility index (Phi) is 6.53. The van der Waals surface area contributed by atoms with E-state index in [1.54, 1.807) is 0 Å². The molecule has 158 valence electrons. The van der Waals surface area contributed by atoms with Gasteiger partial charge in [0, 0.05) is 31.0 Å². The van der Waals surface area contributed by atoms with Crippen LogP contribution in [0.1, 0.15) is 43.9 Å². The van der Waals surface area contributed by atoms with Gasteiger partial charge in [-0.3, -0.25) is 4.90 Å². The molecule has 2 heterocycles. The van der Waals surface area contributed by atoms with Gasteiger partial charge in [-0.25, -0.2) is 4.79 Å². The molecule has 1 aliphatic carbocycles. The minimum atomic E-state index is -0.578. The molecule has 4 rings (SSSR count). The summed E-state index contributed by atoms with van der Waals surface area (Å²) < 4.78 is 22.5. The molecular formula is C23H31NO5. The second kappa shape index (κ2) is 9.28. The molecule has 1 aromatic carbocycles. The lowest BCUT2D eigenvalue weighted by atomic mass is 9.90. The van der Waals surface area contributed by atoms with Gasteiger partial charge in [-0.1, -0.05) is 18.9 Å². The van der Waals surface area contributed by atoms with Crippen molar-refractivity contribution in [2.24, 2.45) is 0 Å². The molecule has 0 N–H and O–H groups in total. The predicted octanol–water partition coefficient (Wildman–Crippen LogP) is 3.70. The van der Waals surface area contributed by atoms with Gasteiger partial charge in [0.2, 0.25) is 0 Å². The molecule has 0 spiro atoms. The van der Waals surface area contributed by atoms with Crippen LogP contribution in [0.25, 0.3) is 11.0 Å². The molecule has 0 amide bonds. The average molecular weight is 402 g/mol. The second-order valence-electron chi connectivity index (χ2n) is 7.99. The lowest BCUT2D eigenvalue weighted by Crippen LogP contribution is -2.52. The Morgan fingerprint density at radius 1 is 1.28 bits per heavy atom. The van der Waals surface area contributed by atoms with E-state index in [2.05, 4.69) is 17.0 Å². The number of carbonyl (C=O) groups is 1. The van der Waals surface area contributed by atoms with Gasteiger partial charge in [-0.2, -0.15) is 0 Å². The van der Waals surface area contributed by atoms with E-state index in [1.165, 1.54) is 32.8 Å². The molecule has 3 unspecified atom stereocenters. The van der Waals surface area contributed by atoms with E-state index in [1.807, 2.05) is 19.1 Å². The highest BCUT2D eigenvalue weighted by atomic mass is 16.6. The van der Waals surface area contributed by atoms with E-state index in [-0.39, 0.29) is 5.97 Å². The van der Waals surface area contributed by atoms with Gasteiger partial charge in [0.25, 0.3) is 0 Å². The maximum atomic E-state index is 11.9. The standard InChI is InChI=1S/C23H31NO5/c1-3-27-22(23(25)26-2)13-16-8-9-20-17(12-16)14-18(29-20)15-24-10-11-28-21-7-5-4-6-19(21)24/h8-9,12,14,19,21-22H,3-7,10-11,13,15H2,1-2H3. The largest absolute Gasteiger partial charge is 0.467 e. The molecule has 0 radical (unpaired) electrons. The normalized spacial score (nSPS) is 23.7. The van der Waals surface area contributed by atoms with Gasteiger partial charge >= 0.3 is 5.97 Å². The predicted molar refractivity (Wildman–Crippen MR) is 110 cm³/mol. The van der Waals surface area contributed by atoms with Crippen LogP contribution in [0, 0.1) is 0 Å². The average Bonchev–Trinajstić information content (AvgIpc) is 3.14. The Balaban J connectivity index is 1.47. The Morgan fingerprint density at radius 3 is 2.97 bits per heavy atom. The Labute approximate surface area is 172 Å². The first-order valence-electron chi connectivity index (χ1n) is 10.7. The van der Waals surface area contributed by atoms with Gasteiger partial charge in [0.05, 0.1) is 26.4 Å². The monoisotopic (exact) mass is 401 g/mol. The Morgan fingerprint density at radius 2 is 2.14 bits per heavy atom. The van der Waals surface area contributed by atoms with Gasteiger partial charge in [0.1, 0.15) is 11.3 Å². The first-order valence-corrected chi connectivity index (χ1v) is 10.7. The topological polar surface area (TPSA) is 61.1 Å². The summed E-state index contributed by atoms with van der Waals surface area (Å²) in [6.45, 7) is 4.93. The van der Waals surface area contributed by atoms with Crippen molar-refractivity contribution < 1.29 is 23.4 Å². The molecule has 6 heteroatoms. The van der Waals surface area contributed by atoms with E-state index in [4.69, 9.17) is 18.6 Å². The van der Waals surface area contributed by atoms with Crippen LogP contribution in [-0.2, 0) is 32.0 Å². The van der Waals surface area contributed by atoms with Crippen molar-refractivity contribution in [1.29, 1.82) is 0 Å². The number of ether oxygens (including phenoxy) is 3. The summed E-state index contributed by atoms with van der Waals surface area (Å²) in [5, 5.41) is 1.06. The fraction of sp³-hybridized carbons (Fsp3) is 0.609. The molecule has 1 aliphatic heterocycles. The smallest absolute Gasteiger partial charge is 0.335 e. The highest BCUT2D eigenvalue weighted by Crippen LogP contribution is 2.30. The highest BCUT2D eigenvalue weighted by molar-refractivity contribution is 5.79. The lowest BCUT2D eigenvalue weighted by Gasteiger charge is -2.43. The fourth-order valence-electron chi connectivity index (χ4n) is 4.68. The number of benzene rings is 1. The van der Waals surface area contributed by atoms with Crippen molar-refractivity contribution in [1.82, 2.24) is 4.90 Å². The number of esters is 1. The minimum absolute atomic E-state index is 0.339. The number of morpholine rings is 1. The number of rotatable bonds is 7. The van der Waals surface area contributed by atoms with Crippen LogP contribution in [0.2, 0.25) is 0 Å². The molecule has 29 heavy (non-hydrogen) atoms. The SMILES string of the molecule is CCOC(Cc1ccc2oc(CN3CCOC4CCCCC43)cc2c1)C(=O)OC. The minimum Gasteiger partial charge on any atom is -0.467 e. The first-order chi connectivity index (χ1) is 14.2. The van der Waals surface area contributed by atoms with Crippen LogP contribution in [0.3, 0.4) is 0 Å². The molecule has 2 aliphatic rings. The van der Waals surface area contributed by atoms with Crippen LogP contribution < -0.4 is 0 Å². The molecule has 1 aromatic heterocycles. The van der Waals surface area contributed by atoms with Crippen LogP contribution in [0.15, 0.2) is 28.7 Å². The Bertz CT molecular complexity index is 830. The summed E-state index contributed by atoms with van der Waals surface area (Å²) in [6, 6.07) is 8.70. The lowest BCUT2D eigenvalue weighted by molar-refractivity contribution is -0.153. The van der Waals surface area contributed by atoms with Crippen molar-refractivity contribution in [2.45, 2.75) is 63.8 Å². The van der Waals surface area contributed by atoms with E-state index < -0.39 is 6.10 Å². The third-order valence-electron chi connectivity index (χ3n) is 6.09. The van der Waals surface area contributed by atoms with Crippen molar-refractivity contribution in [3.05, 3.63) is 35.6 Å². The van der Waals surface area contributed by atoms with E-state index in [0.717, 1.165) is 42.0 Å². The molecular weight excluding hydrogens is 370 g/mol. The zero-order valence-corrected chi connectivity index (χ0v) is 17.4. The summed E-state index contributed by atoms with van der Waals surface area (Å²) in [5.74, 6) is 0.645. The summed E-state index contributed by atoms with van der Waals surface area (Å²) in [4.78, 5) is 14.5. The molecule has 6 nitrogen and oxygen atoms in total. The molecule has 2 fully saturated rings. The van der Waals surface area contributed by atoms with Crippen molar-refractivity contribution >= 4 is 16.9 Å². The number of furan rings is 1.